The molecule has 3 aromatic rings. The Morgan fingerprint density at radius 1 is 1.09 bits per heavy atom. The molecule has 0 aliphatic carbocycles. The molecule has 2 amide bonds. The van der Waals surface area contributed by atoms with Gasteiger partial charge in [0.15, 0.2) is 0 Å². The summed E-state index contributed by atoms with van der Waals surface area (Å²) in [6, 6.07) is 14.8. The van der Waals surface area contributed by atoms with Crippen LogP contribution in [0, 0.1) is 0 Å². The smallest absolute Gasteiger partial charge is 0.280 e. The maximum atomic E-state index is 13.2. The van der Waals surface area contributed by atoms with E-state index in [9.17, 15) is 9.59 Å². The molecule has 0 radical (unpaired) electrons. The van der Waals surface area contributed by atoms with Gasteiger partial charge in [0, 0.05) is 0 Å². The van der Waals surface area contributed by atoms with Gasteiger partial charge in [-0.3, -0.25) is 15.0 Å². The molecule has 10 heteroatoms. The van der Waals surface area contributed by atoms with E-state index in [0.717, 1.165) is 16.9 Å². The number of hydrogen-bond donors (Lipinski definition) is 1. The maximum Gasteiger partial charge on any atom is 0.280 e. The molecule has 1 N–H and O–H groups in total. The fraction of sp³-hybridized carbons (Fsp3) is 0.182. The summed E-state index contributed by atoms with van der Waals surface area (Å²) in [5.41, 5.74) is 4.42. The van der Waals surface area contributed by atoms with Crippen LogP contribution in [0.5, 0.6) is 11.5 Å². The van der Waals surface area contributed by atoms with Crippen LogP contribution in [0.1, 0.15) is 16.5 Å². The number of thioether (sulfide) groups is 1. The summed E-state index contributed by atoms with van der Waals surface area (Å²) in [6.07, 6.45) is 4.59. The second kappa shape index (κ2) is 9.56. The van der Waals surface area contributed by atoms with E-state index in [1.54, 1.807) is 20.3 Å². The number of rotatable bonds is 7. The molecule has 0 spiro atoms. The Morgan fingerprint density at radius 2 is 1.75 bits per heavy atom. The van der Waals surface area contributed by atoms with Crippen LogP contribution in [0.3, 0.4) is 0 Å². The molecule has 1 aliphatic heterocycles. The molecule has 1 fully saturated rings. The third kappa shape index (κ3) is 4.75. The van der Waals surface area contributed by atoms with Crippen molar-refractivity contribution in [2.45, 2.75) is 11.9 Å². The molecule has 4 rings (SSSR count). The highest BCUT2D eigenvalue weighted by Gasteiger charge is 2.38. The highest BCUT2D eigenvalue weighted by molar-refractivity contribution is 8.04. The third-order valence-electron chi connectivity index (χ3n) is 4.73. The van der Waals surface area contributed by atoms with Crippen LogP contribution in [-0.2, 0) is 16.1 Å². The molecule has 9 nitrogen and oxygen atoms in total. The summed E-state index contributed by atoms with van der Waals surface area (Å²) in [4.78, 5) is 30.1. The number of nitrogens with one attached hydrogen (secondary N) is 1. The number of aromatic nitrogens is 3. The molecule has 2 aromatic carbocycles. The molecule has 0 bridgehead atoms. The van der Waals surface area contributed by atoms with E-state index in [-0.39, 0.29) is 18.4 Å². The fourth-order valence-electron chi connectivity index (χ4n) is 3.12. The van der Waals surface area contributed by atoms with Gasteiger partial charge in [0.2, 0.25) is 0 Å². The first-order valence-electron chi connectivity index (χ1n) is 9.69. The van der Waals surface area contributed by atoms with Crippen LogP contribution >= 0.6 is 11.8 Å². The number of carbonyl (C=O) groups excluding carboxylic acids is 2. The predicted molar refractivity (Wildman–Crippen MR) is 119 cm³/mol. The summed E-state index contributed by atoms with van der Waals surface area (Å²) in [5, 5.41) is 4.85. The number of carbonyl (C=O) groups is 2. The quantitative estimate of drug-likeness (QED) is 0.552. The highest BCUT2D eigenvalue weighted by atomic mass is 32.2. The first-order valence-corrected chi connectivity index (χ1v) is 10.6. The van der Waals surface area contributed by atoms with Gasteiger partial charge in [0.1, 0.15) is 36.1 Å². The first kappa shape index (κ1) is 21.4. The number of benzene rings is 2. The Hall–Kier alpha value is -3.79. The van der Waals surface area contributed by atoms with Gasteiger partial charge >= 0.3 is 0 Å². The Kier molecular flexibility index (Phi) is 6.41. The predicted octanol–water partition coefficient (Wildman–Crippen LogP) is 2.64. The Bertz CT molecular complexity index is 1110. The Morgan fingerprint density at radius 3 is 2.34 bits per heavy atom. The van der Waals surface area contributed by atoms with Crippen molar-refractivity contribution in [3.8, 4) is 11.5 Å². The van der Waals surface area contributed by atoms with Crippen LogP contribution in [0.2, 0.25) is 0 Å². The zero-order chi connectivity index (χ0) is 22.5. The molecule has 1 aliphatic rings. The van der Waals surface area contributed by atoms with E-state index in [1.165, 1.54) is 34.1 Å². The standard InChI is InChI=1S/C22H21N5O4S/c1-30-17-7-3-15(4-8-17)11-19-21(29)27(25-20(28)12-26-14-23-13-24-26)22(32-19)16-5-9-18(31-2)10-6-16/h3-11,13-14,22H,12H2,1-2H3,(H,25,28)/b19-11-. The molecule has 32 heavy (non-hydrogen) atoms. The monoisotopic (exact) mass is 451 g/mol. The van der Waals surface area contributed by atoms with Crippen molar-refractivity contribution >= 4 is 29.7 Å². The van der Waals surface area contributed by atoms with Crippen molar-refractivity contribution in [1.29, 1.82) is 0 Å². The number of hydrogen-bond acceptors (Lipinski definition) is 7. The number of amides is 2. The van der Waals surface area contributed by atoms with Gasteiger partial charge in [-0.2, -0.15) is 5.10 Å². The van der Waals surface area contributed by atoms with Crippen molar-refractivity contribution < 1.29 is 19.1 Å². The minimum Gasteiger partial charge on any atom is -0.497 e. The SMILES string of the molecule is COc1ccc(/C=C2\SC(c3ccc(OC)cc3)N(NC(=O)Cn3cncn3)C2=O)cc1. The lowest BCUT2D eigenvalue weighted by Crippen LogP contribution is -2.45. The zero-order valence-corrected chi connectivity index (χ0v) is 18.3. The number of hydrazine groups is 1. The molecule has 0 saturated carbocycles. The van der Waals surface area contributed by atoms with Crippen LogP contribution in [-0.4, -0.2) is 45.8 Å². The van der Waals surface area contributed by atoms with Crippen molar-refractivity contribution in [2.24, 2.45) is 0 Å². The summed E-state index contributed by atoms with van der Waals surface area (Å²) in [6.45, 7) is -0.0543. The number of ether oxygens (including phenoxy) is 2. The summed E-state index contributed by atoms with van der Waals surface area (Å²) < 4.78 is 11.8. The van der Waals surface area contributed by atoms with E-state index in [4.69, 9.17) is 9.47 Å². The fourth-order valence-corrected chi connectivity index (χ4v) is 4.31. The van der Waals surface area contributed by atoms with E-state index in [0.29, 0.717) is 10.7 Å². The summed E-state index contributed by atoms with van der Waals surface area (Å²) >= 11 is 1.36. The molecular weight excluding hydrogens is 430 g/mol. The third-order valence-corrected chi connectivity index (χ3v) is 5.99. The summed E-state index contributed by atoms with van der Waals surface area (Å²) in [7, 11) is 3.19. The highest BCUT2D eigenvalue weighted by Crippen LogP contribution is 2.45. The molecule has 1 saturated heterocycles. The van der Waals surface area contributed by atoms with Gasteiger partial charge < -0.3 is 9.47 Å². The largest absolute Gasteiger partial charge is 0.497 e. The lowest BCUT2D eigenvalue weighted by molar-refractivity contribution is -0.138. The van der Waals surface area contributed by atoms with Crippen molar-refractivity contribution in [3.63, 3.8) is 0 Å². The molecule has 164 valence electrons. The second-order valence-corrected chi connectivity index (χ2v) is 7.95. The second-order valence-electron chi connectivity index (χ2n) is 6.83. The Labute approximate surface area is 189 Å². The lowest BCUT2D eigenvalue weighted by atomic mass is 10.2. The first-order chi connectivity index (χ1) is 15.6. The number of methoxy groups -OCH3 is 2. The van der Waals surface area contributed by atoms with E-state index in [2.05, 4.69) is 15.5 Å². The van der Waals surface area contributed by atoms with E-state index >= 15 is 0 Å². The van der Waals surface area contributed by atoms with Crippen molar-refractivity contribution in [2.75, 3.05) is 14.2 Å². The average molecular weight is 452 g/mol. The zero-order valence-electron chi connectivity index (χ0n) is 17.5. The van der Waals surface area contributed by atoms with Gasteiger partial charge in [0.05, 0.1) is 19.1 Å². The van der Waals surface area contributed by atoms with Crippen LogP contribution in [0.4, 0.5) is 0 Å². The van der Waals surface area contributed by atoms with Gasteiger partial charge in [0.25, 0.3) is 11.8 Å². The van der Waals surface area contributed by atoms with Crippen molar-refractivity contribution in [1.82, 2.24) is 25.2 Å². The molecule has 1 unspecified atom stereocenters. The van der Waals surface area contributed by atoms with Gasteiger partial charge in [-0.05, 0) is 41.5 Å². The molecule has 2 heterocycles. The summed E-state index contributed by atoms with van der Waals surface area (Å²) in [5.74, 6) is 0.765. The van der Waals surface area contributed by atoms with Crippen LogP contribution in [0.15, 0.2) is 66.1 Å². The van der Waals surface area contributed by atoms with Gasteiger partial charge in [-0.25, -0.2) is 14.7 Å². The molecular formula is C22H21N5O4S. The Balaban J connectivity index is 1.60. The lowest BCUT2D eigenvalue weighted by Gasteiger charge is -2.24. The maximum absolute atomic E-state index is 13.2. The minimum absolute atomic E-state index is 0.0543. The van der Waals surface area contributed by atoms with E-state index in [1.807, 2.05) is 48.5 Å². The van der Waals surface area contributed by atoms with Crippen molar-refractivity contribution in [3.05, 3.63) is 77.2 Å². The number of nitrogens with zero attached hydrogens (tertiary/aromatic N) is 4. The molecule has 1 aromatic heterocycles. The van der Waals surface area contributed by atoms with Crippen LogP contribution in [0.25, 0.3) is 6.08 Å². The van der Waals surface area contributed by atoms with Gasteiger partial charge in [-0.1, -0.05) is 36.0 Å². The molecule has 1 atom stereocenters. The topological polar surface area (TPSA) is 98.6 Å². The van der Waals surface area contributed by atoms with Gasteiger partial charge in [-0.15, -0.1) is 0 Å². The minimum atomic E-state index is -0.433. The van der Waals surface area contributed by atoms with E-state index < -0.39 is 5.37 Å². The van der Waals surface area contributed by atoms with Crippen LogP contribution < -0.4 is 14.9 Å². The average Bonchev–Trinajstić information content (AvgIpc) is 3.43. The normalized spacial score (nSPS) is 16.9.